The Morgan fingerprint density at radius 2 is 0.949 bits per heavy atom. The van der Waals surface area contributed by atoms with Crippen molar-refractivity contribution in [2.24, 2.45) is 11.8 Å². The molecule has 0 spiro atoms. The van der Waals surface area contributed by atoms with Crippen LogP contribution in [0.3, 0.4) is 0 Å². The van der Waals surface area contributed by atoms with E-state index >= 15 is 0 Å². The summed E-state index contributed by atoms with van der Waals surface area (Å²) >= 11 is 0. The highest BCUT2D eigenvalue weighted by Gasteiger charge is 2.04. The van der Waals surface area contributed by atoms with Crippen LogP contribution in [0.1, 0.15) is 74.5 Å². The SMILES string of the molecule is CCC(C)Cc1ccc(-c2ccc(C#N)cc2)cc1.CCC(C)Cc1ccc(-c2ccc(C(C)=O)cc2)cc1. The van der Waals surface area contributed by atoms with E-state index in [1.165, 1.54) is 35.1 Å². The van der Waals surface area contributed by atoms with Gasteiger partial charge in [-0.05, 0) is 77.1 Å². The van der Waals surface area contributed by atoms with Crippen LogP contribution in [0.4, 0.5) is 0 Å². The maximum atomic E-state index is 11.3. The van der Waals surface area contributed by atoms with Gasteiger partial charge in [0, 0.05) is 5.56 Å². The predicted octanol–water partition coefficient (Wildman–Crippen LogP) is 9.96. The lowest BCUT2D eigenvalue weighted by atomic mass is 9.96. The van der Waals surface area contributed by atoms with Crippen molar-refractivity contribution in [2.75, 3.05) is 0 Å². The first kappa shape index (κ1) is 29.6. The molecule has 0 amide bonds. The molecule has 200 valence electrons. The van der Waals surface area contributed by atoms with Gasteiger partial charge in [-0.2, -0.15) is 5.26 Å². The van der Waals surface area contributed by atoms with E-state index in [9.17, 15) is 4.79 Å². The molecule has 0 aliphatic heterocycles. The maximum absolute atomic E-state index is 11.3. The first-order valence-electron chi connectivity index (χ1n) is 14.1. The third-order valence-corrected chi connectivity index (χ3v) is 7.44. The minimum atomic E-state index is 0.112. The summed E-state index contributed by atoms with van der Waals surface area (Å²) in [6, 6.07) is 35.2. The second kappa shape index (κ2) is 14.8. The van der Waals surface area contributed by atoms with Crippen LogP contribution in [0.15, 0.2) is 97.1 Å². The average molecular weight is 516 g/mol. The second-order valence-corrected chi connectivity index (χ2v) is 10.7. The van der Waals surface area contributed by atoms with Crippen molar-refractivity contribution in [3.63, 3.8) is 0 Å². The highest BCUT2D eigenvalue weighted by molar-refractivity contribution is 5.94. The van der Waals surface area contributed by atoms with E-state index in [-0.39, 0.29) is 5.78 Å². The van der Waals surface area contributed by atoms with E-state index in [0.29, 0.717) is 5.56 Å². The van der Waals surface area contributed by atoms with Gasteiger partial charge in [0.15, 0.2) is 5.78 Å². The molecule has 0 N–H and O–H groups in total. The molecule has 2 unspecified atom stereocenters. The molecule has 0 heterocycles. The second-order valence-electron chi connectivity index (χ2n) is 10.7. The number of benzene rings is 4. The first-order valence-corrected chi connectivity index (χ1v) is 14.1. The fourth-order valence-electron chi connectivity index (χ4n) is 4.39. The number of Topliss-reactive ketones (excluding diaryl/α,β-unsaturated/α-hetero) is 1. The van der Waals surface area contributed by atoms with Gasteiger partial charge in [-0.25, -0.2) is 0 Å². The van der Waals surface area contributed by atoms with Gasteiger partial charge >= 0.3 is 0 Å². The van der Waals surface area contributed by atoms with Crippen LogP contribution in [0.25, 0.3) is 22.3 Å². The topological polar surface area (TPSA) is 40.9 Å². The van der Waals surface area contributed by atoms with Crippen LogP contribution < -0.4 is 0 Å². The van der Waals surface area contributed by atoms with Crippen molar-refractivity contribution < 1.29 is 4.79 Å². The fourth-order valence-corrected chi connectivity index (χ4v) is 4.39. The zero-order valence-electron chi connectivity index (χ0n) is 24.1. The van der Waals surface area contributed by atoms with Crippen LogP contribution >= 0.6 is 0 Å². The third-order valence-electron chi connectivity index (χ3n) is 7.44. The third kappa shape index (κ3) is 9.08. The minimum Gasteiger partial charge on any atom is -0.295 e. The summed E-state index contributed by atoms with van der Waals surface area (Å²) in [5, 5.41) is 8.79. The summed E-state index contributed by atoms with van der Waals surface area (Å²) in [4.78, 5) is 11.3. The molecule has 0 aliphatic rings. The fraction of sp³-hybridized carbons (Fsp3) is 0.297. The largest absolute Gasteiger partial charge is 0.295 e. The molecule has 0 bridgehead atoms. The van der Waals surface area contributed by atoms with Gasteiger partial charge < -0.3 is 0 Å². The molecule has 4 aromatic rings. The number of rotatable bonds is 9. The zero-order valence-corrected chi connectivity index (χ0v) is 24.1. The van der Waals surface area contributed by atoms with Crippen molar-refractivity contribution in [2.45, 2.75) is 60.3 Å². The molecule has 4 aromatic carbocycles. The standard InChI is InChI=1S/C19H22O.C18H19N/c1-4-14(2)13-16-5-7-18(8-6-16)19-11-9-17(10-12-19)15(3)20;1-3-14(2)12-15-4-8-17(9-5-15)18-10-6-16(13-19)7-11-18/h5-12,14H,4,13H2,1-3H3;4-11,14H,3,12H2,1-2H3. The molecular formula is C37H41NO. The smallest absolute Gasteiger partial charge is 0.159 e. The number of ketones is 1. The number of carbonyl (C=O) groups is 1. The van der Waals surface area contributed by atoms with Crippen LogP contribution in [-0.2, 0) is 12.8 Å². The molecule has 4 rings (SSSR count). The summed E-state index contributed by atoms with van der Waals surface area (Å²) in [6.07, 6.45) is 4.72. The van der Waals surface area contributed by atoms with Gasteiger partial charge in [0.05, 0.1) is 11.6 Å². The van der Waals surface area contributed by atoms with E-state index in [1.54, 1.807) is 6.92 Å². The molecular weight excluding hydrogens is 474 g/mol. The molecule has 0 saturated carbocycles. The Bertz CT molecular complexity index is 1340. The van der Waals surface area contributed by atoms with Gasteiger partial charge in [-0.3, -0.25) is 4.79 Å². The van der Waals surface area contributed by atoms with Gasteiger partial charge in [-0.15, -0.1) is 0 Å². The highest BCUT2D eigenvalue weighted by Crippen LogP contribution is 2.23. The Morgan fingerprint density at radius 1 is 0.615 bits per heavy atom. The van der Waals surface area contributed by atoms with Crippen LogP contribution in [0, 0.1) is 23.2 Å². The van der Waals surface area contributed by atoms with E-state index in [1.807, 2.05) is 48.5 Å². The lowest BCUT2D eigenvalue weighted by Crippen LogP contribution is -1.97. The Balaban J connectivity index is 0.000000216. The Kier molecular flexibility index (Phi) is 11.3. The van der Waals surface area contributed by atoms with Gasteiger partial charge in [0.2, 0.25) is 0 Å². The van der Waals surface area contributed by atoms with Crippen LogP contribution in [0.2, 0.25) is 0 Å². The average Bonchev–Trinajstić information content (AvgIpc) is 2.98. The van der Waals surface area contributed by atoms with Crippen molar-refractivity contribution in [3.8, 4) is 28.3 Å². The van der Waals surface area contributed by atoms with E-state index in [0.717, 1.165) is 41.4 Å². The Labute approximate surface area is 235 Å². The van der Waals surface area contributed by atoms with Crippen molar-refractivity contribution >= 4 is 5.78 Å². The molecule has 39 heavy (non-hydrogen) atoms. The molecule has 0 radical (unpaired) electrons. The molecule has 2 heteroatoms. The van der Waals surface area contributed by atoms with Gasteiger partial charge in [-0.1, -0.05) is 125 Å². The quantitative estimate of drug-likeness (QED) is 0.208. The lowest BCUT2D eigenvalue weighted by molar-refractivity contribution is 0.101. The molecule has 0 saturated heterocycles. The molecule has 2 atom stereocenters. The van der Waals surface area contributed by atoms with Crippen molar-refractivity contribution in [1.29, 1.82) is 5.26 Å². The normalized spacial score (nSPS) is 12.0. The van der Waals surface area contributed by atoms with E-state index in [2.05, 4.69) is 82.3 Å². The van der Waals surface area contributed by atoms with Gasteiger partial charge in [0.1, 0.15) is 0 Å². The highest BCUT2D eigenvalue weighted by atomic mass is 16.1. The first-order chi connectivity index (χ1) is 18.8. The lowest BCUT2D eigenvalue weighted by Gasteiger charge is -2.09. The number of nitrogens with zero attached hydrogens (tertiary/aromatic N) is 1. The number of hydrogen-bond acceptors (Lipinski definition) is 2. The monoisotopic (exact) mass is 515 g/mol. The summed E-state index contributed by atoms with van der Waals surface area (Å²) < 4.78 is 0. The van der Waals surface area contributed by atoms with Gasteiger partial charge in [0.25, 0.3) is 0 Å². The molecule has 0 aromatic heterocycles. The number of carbonyl (C=O) groups excluding carboxylic acids is 1. The van der Waals surface area contributed by atoms with Crippen molar-refractivity contribution in [3.05, 3.63) is 119 Å². The maximum Gasteiger partial charge on any atom is 0.159 e. The molecule has 2 nitrogen and oxygen atoms in total. The summed E-state index contributed by atoms with van der Waals surface area (Å²) in [5.74, 6) is 1.58. The Hall–Kier alpha value is -3.96. The zero-order chi connectivity index (χ0) is 28.2. The summed E-state index contributed by atoms with van der Waals surface area (Å²) in [6.45, 7) is 10.6. The molecule has 0 aliphatic carbocycles. The predicted molar refractivity (Wildman–Crippen MR) is 165 cm³/mol. The summed E-state index contributed by atoms with van der Waals surface area (Å²) in [7, 11) is 0. The van der Waals surface area contributed by atoms with E-state index < -0.39 is 0 Å². The van der Waals surface area contributed by atoms with Crippen LogP contribution in [-0.4, -0.2) is 5.78 Å². The minimum absolute atomic E-state index is 0.112. The summed E-state index contributed by atoms with van der Waals surface area (Å²) in [5.41, 5.74) is 8.99. The van der Waals surface area contributed by atoms with E-state index in [4.69, 9.17) is 5.26 Å². The van der Waals surface area contributed by atoms with Crippen molar-refractivity contribution in [1.82, 2.24) is 0 Å². The molecule has 0 fully saturated rings. The van der Waals surface area contributed by atoms with Crippen LogP contribution in [0.5, 0.6) is 0 Å². The number of hydrogen-bond donors (Lipinski definition) is 0. The Morgan fingerprint density at radius 3 is 1.26 bits per heavy atom. The number of nitriles is 1.